The minimum absolute atomic E-state index is 0.219. The Bertz CT molecular complexity index is 948. The van der Waals surface area contributed by atoms with Gasteiger partial charge in [0.15, 0.2) is 11.5 Å². The van der Waals surface area contributed by atoms with Crippen LogP contribution in [0, 0.1) is 0 Å². The fourth-order valence-corrected chi connectivity index (χ4v) is 2.47. The Labute approximate surface area is 161 Å². The summed E-state index contributed by atoms with van der Waals surface area (Å²) in [5.74, 6) is 1.21. The van der Waals surface area contributed by atoms with Gasteiger partial charge in [-0.2, -0.15) is 0 Å². The van der Waals surface area contributed by atoms with E-state index in [2.05, 4.69) is 20.6 Å². The van der Waals surface area contributed by atoms with Gasteiger partial charge in [-0.1, -0.05) is 11.6 Å². The van der Waals surface area contributed by atoms with Crippen molar-refractivity contribution in [1.82, 2.24) is 9.97 Å². The topological polar surface area (TPSA) is 85.4 Å². The second-order valence-electron chi connectivity index (χ2n) is 5.44. The molecule has 1 amide bonds. The normalized spacial score (nSPS) is 10.2. The van der Waals surface area contributed by atoms with E-state index >= 15 is 0 Å². The maximum atomic E-state index is 12.5. The standard InChI is InChI=1S/C19H17ClN4O3/c1-26-16-8-7-14(9-17(16)27-2)24-19(25)15-10-18(22-11-21-15)23-13-5-3-12(20)4-6-13/h3-11H,1-2H3,(H,24,25)(H,21,22,23). The van der Waals surface area contributed by atoms with Crippen LogP contribution in [0.25, 0.3) is 0 Å². The summed E-state index contributed by atoms with van der Waals surface area (Å²) in [6.45, 7) is 0. The Kier molecular flexibility index (Phi) is 5.73. The van der Waals surface area contributed by atoms with Crippen LogP contribution in [0.3, 0.4) is 0 Å². The van der Waals surface area contributed by atoms with Gasteiger partial charge in [-0.3, -0.25) is 4.79 Å². The minimum Gasteiger partial charge on any atom is -0.493 e. The highest BCUT2D eigenvalue weighted by molar-refractivity contribution is 6.30. The highest BCUT2D eigenvalue weighted by Gasteiger charge is 2.11. The third-order valence-electron chi connectivity index (χ3n) is 3.66. The first-order valence-corrected chi connectivity index (χ1v) is 8.35. The minimum atomic E-state index is -0.372. The number of aromatic nitrogens is 2. The number of ether oxygens (including phenoxy) is 2. The highest BCUT2D eigenvalue weighted by Crippen LogP contribution is 2.30. The molecule has 1 aromatic heterocycles. The SMILES string of the molecule is COc1ccc(NC(=O)c2cc(Nc3ccc(Cl)cc3)ncn2)cc1OC. The Hall–Kier alpha value is -3.32. The zero-order chi connectivity index (χ0) is 19.2. The molecule has 0 aliphatic rings. The summed E-state index contributed by atoms with van der Waals surface area (Å²) in [4.78, 5) is 20.7. The number of nitrogens with zero attached hydrogens (tertiary/aromatic N) is 2. The lowest BCUT2D eigenvalue weighted by Gasteiger charge is -2.11. The molecule has 0 saturated heterocycles. The molecule has 3 rings (SSSR count). The molecule has 8 heteroatoms. The van der Waals surface area contributed by atoms with Crippen molar-refractivity contribution in [2.24, 2.45) is 0 Å². The zero-order valence-corrected chi connectivity index (χ0v) is 15.4. The molecule has 3 aromatic rings. The van der Waals surface area contributed by atoms with E-state index in [-0.39, 0.29) is 11.6 Å². The van der Waals surface area contributed by atoms with Gasteiger partial charge in [0.25, 0.3) is 5.91 Å². The number of carbonyl (C=O) groups is 1. The van der Waals surface area contributed by atoms with Crippen LogP contribution >= 0.6 is 11.6 Å². The molecule has 1 heterocycles. The molecule has 2 aromatic carbocycles. The van der Waals surface area contributed by atoms with Crippen molar-refractivity contribution in [3.63, 3.8) is 0 Å². The predicted molar refractivity (Wildman–Crippen MR) is 104 cm³/mol. The summed E-state index contributed by atoms with van der Waals surface area (Å²) in [6, 6.07) is 13.8. The second-order valence-corrected chi connectivity index (χ2v) is 5.88. The summed E-state index contributed by atoms with van der Waals surface area (Å²) < 4.78 is 10.4. The van der Waals surface area contributed by atoms with Crippen LogP contribution < -0.4 is 20.1 Å². The quantitative estimate of drug-likeness (QED) is 0.664. The maximum Gasteiger partial charge on any atom is 0.274 e. The number of amides is 1. The van der Waals surface area contributed by atoms with Gasteiger partial charge in [0.2, 0.25) is 0 Å². The monoisotopic (exact) mass is 384 g/mol. The van der Waals surface area contributed by atoms with Crippen LogP contribution in [-0.4, -0.2) is 30.1 Å². The molecule has 0 aliphatic carbocycles. The van der Waals surface area contributed by atoms with Crippen molar-refractivity contribution < 1.29 is 14.3 Å². The lowest BCUT2D eigenvalue weighted by Crippen LogP contribution is -2.14. The molecular formula is C19H17ClN4O3. The summed E-state index contributed by atoms with van der Waals surface area (Å²) >= 11 is 5.88. The van der Waals surface area contributed by atoms with Crippen molar-refractivity contribution in [2.75, 3.05) is 24.9 Å². The molecule has 0 atom stereocenters. The van der Waals surface area contributed by atoms with E-state index in [9.17, 15) is 4.79 Å². The molecule has 7 nitrogen and oxygen atoms in total. The fraction of sp³-hybridized carbons (Fsp3) is 0.105. The first kappa shape index (κ1) is 18.5. The number of nitrogens with one attached hydrogen (secondary N) is 2. The number of methoxy groups -OCH3 is 2. The highest BCUT2D eigenvalue weighted by atomic mass is 35.5. The molecular weight excluding hydrogens is 368 g/mol. The van der Waals surface area contributed by atoms with Crippen molar-refractivity contribution in [3.05, 3.63) is 65.6 Å². The van der Waals surface area contributed by atoms with Crippen LogP contribution in [0.2, 0.25) is 5.02 Å². The van der Waals surface area contributed by atoms with E-state index in [1.165, 1.54) is 13.4 Å². The van der Waals surface area contributed by atoms with Gasteiger partial charge >= 0.3 is 0 Å². The zero-order valence-electron chi connectivity index (χ0n) is 14.7. The van der Waals surface area contributed by atoms with Crippen molar-refractivity contribution in [2.45, 2.75) is 0 Å². The molecule has 0 aliphatic heterocycles. The maximum absolute atomic E-state index is 12.5. The lowest BCUT2D eigenvalue weighted by molar-refractivity contribution is 0.102. The Morgan fingerprint density at radius 2 is 1.63 bits per heavy atom. The van der Waals surface area contributed by atoms with Crippen LogP contribution in [-0.2, 0) is 0 Å². The molecule has 0 fully saturated rings. The van der Waals surface area contributed by atoms with E-state index in [0.29, 0.717) is 28.0 Å². The fourth-order valence-electron chi connectivity index (χ4n) is 2.34. The van der Waals surface area contributed by atoms with Gasteiger partial charge in [0.05, 0.1) is 14.2 Å². The van der Waals surface area contributed by atoms with E-state index in [1.54, 1.807) is 43.5 Å². The molecule has 0 bridgehead atoms. The van der Waals surface area contributed by atoms with Gasteiger partial charge < -0.3 is 20.1 Å². The molecule has 27 heavy (non-hydrogen) atoms. The van der Waals surface area contributed by atoms with E-state index < -0.39 is 0 Å². The third kappa shape index (κ3) is 4.65. The van der Waals surface area contributed by atoms with Gasteiger partial charge in [0, 0.05) is 28.5 Å². The Balaban J connectivity index is 1.74. The van der Waals surface area contributed by atoms with E-state index in [4.69, 9.17) is 21.1 Å². The summed E-state index contributed by atoms with van der Waals surface area (Å²) in [7, 11) is 3.08. The van der Waals surface area contributed by atoms with Gasteiger partial charge in [-0.15, -0.1) is 0 Å². The first-order chi connectivity index (χ1) is 13.1. The van der Waals surface area contributed by atoms with E-state index in [0.717, 1.165) is 5.69 Å². The molecule has 0 saturated carbocycles. The number of anilines is 3. The van der Waals surface area contributed by atoms with Gasteiger partial charge in [0.1, 0.15) is 17.8 Å². The van der Waals surface area contributed by atoms with Gasteiger partial charge in [-0.05, 0) is 36.4 Å². The van der Waals surface area contributed by atoms with E-state index in [1.807, 2.05) is 12.1 Å². The first-order valence-electron chi connectivity index (χ1n) is 7.97. The number of hydrogen-bond donors (Lipinski definition) is 2. The summed E-state index contributed by atoms with van der Waals surface area (Å²) in [6.07, 6.45) is 1.32. The predicted octanol–water partition coefficient (Wildman–Crippen LogP) is 4.14. The Morgan fingerprint density at radius 1 is 0.926 bits per heavy atom. The van der Waals surface area contributed by atoms with Crippen molar-refractivity contribution in [1.29, 1.82) is 0 Å². The summed E-state index contributed by atoms with van der Waals surface area (Å²) in [5.41, 5.74) is 1.57. The number of halogens is 1. The number of rotatable bonds is 6. The van der Waals surface area contributed by atoms with Gasteiger partial charge in [-0.25, -0.2) is 9.97 Å². The van der Waals surface area contributed by atoms with Crippen LogP contribution in [0.5, 0.6) is 11.5 Å². The smallest absolute Gasteiger partial charge is 0.274 e. The number of hydrogen-bond acceptors (Lipinski definition) is 6. The van der Waals surface area contributed by atoms with Crippen molar-refractivity contribution >= 4 is 34.7 Å². The molecule has 138 valence electrons. The van der Waals surface area contributed by atoms with Crippen LogP contribution in [0.1, 0.15) is 10.5 Å². The number of carbonyl (C=O) groups excluding carboxylic acids is 1. The second kappa shape index (κ2) is 8.37. The van der Waals surface area contributed by atoms with Crippen LogP contribution in [0.15, 0.2) is 54.9 Å². The average Bonchev–Trinajstić information content (AvgIpc) is 2.70. The average molecular weight is 385 g/mol. The third-order valence-corrected chi connectivity index (χ3v) is 3.91. The Morgan fingerprint density at radius 3 is 2.33 bits per heavy atom. The molecule has 0 unspecified atom stereocenters. The lowest BCUT2D eigenvalue weighted by atomic mass is 10.2. The molecule has 2 N–H and O–H groups in total. The van der Waals surface area contributed by atoms with Crippen LogP contribution in [0.4, 0.5) is 17.2 Å². The molecule has 0 spiro atoms. The number of benzene rings is 2. The summed E-state index contributed by atoms with van der Waals surface area (Å²) in [5, 5.41) is 6.51. The van der Waals surface area contributed by atoms with Crippen molar-refractivity contribution in [3.8, 4) is 11.5 Å². The largest absolute Gasteiger partial charge is 0.493 e. The molecule has 0 radical (unpaired) electrons.